The lowest BCUT2D eigenvalue weighted by molar-refractivity contribution is 0.414. The molecule has 0 radical (unpaired) electrons. The monoisotopic (exact) mass is 301 g/mol. The molecule has 106 valence electrons. The van der Waals surface area contributed by atoms with Crippen molar-refractivity contribution in [2.75, 3.05) is 7.11 Å². The van der Waals surface area contributed by atoms with Gasteiger partial charge < -0.3 is 9.15 Å². The zero-order valence-electron chi connectivity index (χ0n) is 11.2. The number of methoxy groups -OCH3 is 1. The van der Waals surface area contributed by atoms with E-state index in [4.69, 9.17) is 20.8 Å². The summed E-state index contributed by atoms with van der Waals surface area (Å²) in [5.41, 5.74) is 1.34. The smallest absolute Gasteiger partial charge is 0.425 e. The summed E-state index contributed by atoms with van der Waals surface area (Å²) in [6.45, 7) is 0. The van der Waals surface area contributed by atoms with Crippen LogP contribution in [0.3, 0.4) is 0 Å². The first-order valence-electron chi connectivity index (χ1n) is 6.32. The van der Waals surface area contributed by atoms with E-state index in [-0.39, 0.29) is 5.15 Å². The Kier molecular flexibility index (Phi) is 3.54. The fourth-order valence-electron chi connectivity index (χ4n) is 2.09. The van der Waals surface area contributed by atoms with Gasteiger partial charge in [-0.3, -0.25) is 0 Å². The van der Waals surface area contributed by atoms with Crippen molar-refractivity contribution in [1.29, 1.82) is 0 Å². The molecule has 1 heterocycles. The third-order valence-corrected chi connectivity index (χ3v) is 3.44. The molecule has 0 atom stereocenters. The van der Waals surface area contributed by atoms with Crippen LogP contribution < -0.4 is 10.5 Å². The highest BCUT2D eigenvalue weighted by Gasteiger charge is 2.17. The summed E-state index contributed by atoms with van der Waals surface area (Å²) in [4.78, 5) is 12.1. The molecule has 5 heteroatoms. The van der Waals surface area contributed by atoms with Crippen molar-refractivity contribution < 1.29 is 9.15 Å². The van der Waals surface area contributed by atoms with E-state index >= 15 is 0 Å². The van der Waals surface area contributed by atoms with Gasteiger partial charge >= 0.3 is 5.76 Å². The first-order chi connectivity index (χ1) is 10.2. The number of nitrogens with zero attached hydrogens (tertiary/aromatic N) is 1. The summed E-state index contributed by atoms with van der Waals surface area (Å²) in [7, 11) is 1.56. The molecule has 0 aliphatic heterocycles. The predicted octanol–water partition coefficient (Wildman–Crippen LogP) is 3.76. The highest BCUT2D eigenvalue weighted by Crippen LogP contribution is 2.29. The lowest BCUT2D eigenvalue weighted by atomic mass is 10.2. The van der Waals surface area contributed by atoms with Crippen molar-refractivity contribution in [3.63, 3.8) is 0 Å². The van der Waals surface area contributed by atoms with E-state index in [0.29, 0.717) is 17.2 Å². The molecule has 4 nitrogen and oxygen atoms in total. The molecule has 0 bridgehead atoms. The zero-order valence-corrected chi connectivity index (χ0v) is 12.0. The minimum absolute atomic E-state index is 0.236. The van der Waals surface area contributed by atoms with Crippen LogP contribution in [-0.2, 0) is 0 Å². The number of ether oxygens (including phenoxy) is 1. The van der Waals surface area contributed by atoms with Crippen LogP contribution in [0.4, 0.5) is 0 Å². The molecule has 0 amide bonds. The summed E-state index contributed by atoms with van der Waals surface area (Å²) in [5, 5.41) is 0.236. The van der Waals surface area contributed by atoms with Gasteiger partial charge in [-0.05, 0) is 12.1 Å². The predicted molar refractivity (Wildman–Crippen MR) is 81.3 cm³/mol. The molecule has 21 heavy (non-hydrogen) atoms. The van der Waals surface area contributed by atoms with Gasteiger partial charge in [0.2, 0.25) is 0 Å². The van der Waals surface area contributed by atoms with Gasteiger partial charge in [0.15, 0.2) is 10.9 Å². The second kappa shape index (κ2) is 5.50. The Balaban J connectivity index is 2.17. The lowest BCUT2D eigenvalue weighted by Gasteiger charge is -2.05. The topological polar surface area (TPSA) is 44.4 Å². The van der Waals surface area contributed by atoms with Crippen molar-refractivity contribution in [3.8, 4) is 22.8 Å². The average Bonchev–Trinajstić information content (AvgIpc) is 2.83. The highest BCUT2D eigenvalue weighted by molar-refractivity contribution is 6.32. The highest BCUT2D eigenvalue weighted by atomic mass is 35.5. The molecule has 0 saturated heterocycles. The Morgan fingerprint density at radius 3 is 2.57 bits per heavy atom. The van der Waals surface area contributed by atoms with Gasteiger partial charge in [0, 0.05) is 11.6 Å². The molecule has 1 aromatic heterocycles. The normalized spacial score (nSPS) is 10.6. The van der Waals surface area contributed by atoms with Crippen LogP contribution in [0.15, 0.2) is 63.8 Å². The summed E-state index contributed by atoms with van der Waals surface area (Å²) >= 11 is 6.32. The van der Waals surface area contributed by atoms with Crippen molar-refractivity contribution in [3.05, 3.63) is 70.3 Å². The number of hydrogen-bond donors (Lipinski definition) is 0. The van der Waals surface area contributed by atoms with E-state index in [0.717, 1.165) is 5.56 Å². The van der Waals surface area contributed by atoms with E-state index in [2.05, 4.69) is 0 Å². The second-order valence-electron chi connectivity index (χ2n) is 4.39. The minimum atomic E-state index is -0.535. The second-order valence-corrected chi connectivity index (χ2v) is 4.75. The Labute approximate surface area is 126 Å². The summed E-state index contributed by atoms with van der Waals surface area (Å²) in [6, 6.07) is 16.3. The van der Waals surface area contributed by atoms with Gasteiger partial charge in [0.05, 0.1) is 12.8 Å². The van der Waals surface area contributed by atoms with Crippen LogP contribution in [0.2, 0.25) is 5.15 Å². The van der Waals surface area contributed by atoms with Crippen molar-refractivity contribution in [2.24, 2.45) is 0 Å². The summed E-state index contributed by atoms with van der Waals surface area (Å²) < 4.78 is 11.8. The maximum atomic E-state index is 12.1. The molecule has 3 aromatic rings. The van der Waals surface area contributed by atoms with Crippen LogP contribution in [0.25, 0.3) is 17.0 Å². The quantitative estimate of drug-likeness (QED) is 0.740. The van der Waals surface area contributed by atoms with E-state index < -0.39 is 5.76 Å². The molecule has 2 aromatic carbocycles. The molecule has 0 aliphatic rings. The number of aromatic nitrogens is 1. The molecular weight excluding hydrogens is 290 g/mol. The van der Waals surface area contributed by atoms with Gasteiger partial charge in [-0.2, -0.15) is 0 Å². The fourth-order valence-corrected chi connectivity index (χ4v) is 2.41. The minimum Gasteiger partial charge on any atom is -0.497 e. The lowest BCUT2D eigenvalue weighted by Crippen LogP contribution is -2.11. The summed E-state index contributed by atoms with van der Waals surface area (Å²) in [5.74, 6) is 0.454. The van der Waals surface area contributed by atoms with Crippen LogP contribution >= 0.6 is 11.6 Å². The van der Waals surface area contributed by atoms with Crippen LogP contribution in [0, 0.1) is 0 Å². The molecule has 0 saturated carbocycles. The number of halogens is 1. The third-order valence-electron chi connectivity index (χ3n) is 3.10. The van der Waals surface area contributed by atoms with Gasteiger partial charge in [0.25, 0.3) is 0 Å². The SMILES string of the molecule is COc1cccc(-n2c(Cl)c(-c3ccccc3)oc2=O)c1. The first-order valence-corrected chi connectivity index (χ1v) is 6.69. The van der Waals surface area contributed by atoms with E-state index in [1.165, 1.54) is 4.57 Å². The van der Waals surface area contributed by atoms with Gasteiger partial charge in [-0.1, -0.05) is 48.0 Å². The van der Waals surface area contributed by atoms with E-state index in [1.807, 2.05) is 30.3 Å². The van der Waals surface area contributed by atoms with Crippen LogP contribution in [-0.4, -0.2) is 11.7 Å². The zero-order chi connectivity index (χ0) is 14.8. The largest absolute Gasteiger partial charge is 0.497 e. The Morgan fingerprint density at radius 2 is 1.86 bits per heavy atom. The number of rotatable bonds is 3. The first kappa shape index (κ1) is 13.5. The molecule has 0 aliphatic carbocycles. The third kappa shape index (κ3) is 2.45. The molecule has 0 spiro atoms. The maximum absolute atomic E-state index is 12.1. The molecule has 0 unspecified atom stereocenters. The molecule has 3 rings (SSSR count). The van der Waals surface area contributed by atoms with Gasteiger partial charge in [-0.25, -0.2) is 9.36 Å². The number of hydrogen-bond acceptors (Lipinski definition) is 3. The van der Waals surface area contributed by atoms with E-state index in [9.17, 15) is 4.79 Å². The van der Waals surface area contributed by atoms with Crippen molar-refractivity contribution >= 4 is 11.6 Å². The summed E-state index contributed by atoms with van der Waals surface area (Å²) in [6.07, 6.45) is 0. The van der Waals surface area contributed by atoms with E-state index in [1.54, 1.807) is 31.4 Å². The van der Waals surface area contributed by atoms with Gasteiger partial charge in [0.1, 0.15) is 5.75 Å². The molecular formula is C16H12ClNO3. The van der Waals surface area contributed by atoms with Crippen molar-refractivity contribution in [1.82, 2.24) is 4.57 Å². The Bertz CT molecular complexity index is 821. The Hall–Kier alpha value is -2.46. The Morgan fingerprint density at radius 1 is 1.10 bits per heavy atom. The van der Waals surface area contributed by atoms with Crippen molar-refractivity contribution in [2.45, 2.75) is 0 Å². The fraction of sp³-hybridized carbons (Fsp3) is 0.0625. The maximum Gasteiger partial charge on any atom is 0.425 e. The average molecular weight is 302 g/mol. The number of benzene rings is 2. The van der Waals surface area contributed by atoms with Gasteiger partial charge in [-0.15, -0.1) is 0 Å². The van der Waals surface area contributed by atoms with Crippen LogP contribution in [0.5, 0.6) is 5.75 Å². The standard InChI is InChI=1S/C16H12ClNO3/c1-20-13-9-5-8-12(10-13)18-15(17)14(21-16(18)19)11-6-3-2-4-7-11/h2-10H,1H3. The van der Waals surface area contributed by atoms with Crippen LogP contribution in [0.1, 0.15) is 0 Å². The molecule has 0 N–H and O–H groups in total. The molecule has 0 fully saturated rings. The number of oxazole rings is 1.